The maximum atomic E-state index is 11.0. The Morgan fingerprint density at radius 2 is 2.21 bits per heavy atom. The Balaban J connectivity index is 3.04. The van der Waals surface area contributed by atoms with Crippen molar-refractivity contribution in [1.29, 1.82) is 0 Å². The number of nitrogen functional groups attached to an aromatic ring is 1. The number of nitrogens with zero attached hydrogens (tertiary/aromatic N) is 2. The zero-order valence-electron chi connectivity index (χ0n) is 11.6. The van der Waals surface area contributed by atoms with E-state index < -0.39 is 5.97 Å². The number of methoxy groups -OCH3 is 1. The number of carbonyl (C=O) groups is 1. The molecule has 106 valence electrons. The van der Waals surface area contributed by atoms with Gasteiger partial charge in [0.1, 0.15) is 0 Å². The van der Waals surface area contributed by atoms with Crippen LogP contribution in [0.3, 0.4) is 0 Å². The van der Waals surface area contributed by atoms with E-state index in [1.165, 1.54) is 6.07 Å². The Kier molecular flexibility index (Phi) is 5.57. The lowest BCUT2D eigenvalue weighted by Crippen LogP contribution is -2.32. The van der Waals surface area contributed by atoms with Gasteiger partial charge in [0.15, 0.2) is 11.5 Å². The lowest BCUT2D eigenvalue weighted by Gasteiger charge is -2.26. The monoisotopic (exact) mass is 267 g/mol. The molecule has 0 fully saturated rings. The molecule has 0 aliphatic rings. The molecular weight excluding hydrogens is 246 g/mol. The molecule has 0 bridgehead atoms. The third-order valence-corrected chi connectivity index (χ3v) is 2.57. The molecule has 3 N–H and O–H groups in total. The van der Waals surface area contributed by atoms with Crippen LogP contribution in [-0.4, -0.2) is 42.9 Å². The molecule has 1 heterocycles. The number of hydrogen-bond donors (Lipinski definition) is 2. The molecule has 0 atom stereocenters. The van der Waals surface area contributed by atoms with Crippen LogP contribution in [0.25, 0.3) is 0 Å². The molecule has 0 saturated carbocycles. The van der Waals surface area contributed by atoms with E-state index in [-0.39, 0.29) is 5.69 Å². The molecular formula is C13H21N3O3. The maximum Gasteiger partial charge on any atom is 0.354 e. The topological polar surface area (TPSA) is 88.7 Å². The molecule has 0 aliphatic carbocycles. The second kappa shape index (κ2) is 6.94. The van der Waals surface area contributed by atoms with Gasteiger partial charge in [-0.2, -0.15) is 0 Å². The highest BCUT2D eigenvalue weighted by molar-refractivity contribution is 5.87. The minimum atomic E-state index is -1.06. The lowest BCUT2D eigenvalue weighted by atomic mass is 10.2. The van der Waals surface area contributed by atoms with Gasteiger partial charge < -0.3 is 20.5 Å². The fourth-order valence-corrected chi connectivity index (χ4v) is 1.76. The number of anilines is 2. The number of hydrogen-bond acceptors (Lipinski definition) is 5. The molecule has 0 radical (unpaired) electrons. The number of nitrogens with two attached hydrogens (primary N) is 1. The summed E-state index contributed by atoms with van der Waals surface area (Å²) < 4.78 is 5.07. The molecule has 0 amide bonds. The summed E-state index contributed by atoms with van der Waals surface area (Å²) in [6.07, 6.45) is 0. The molecule has 0 spiro atoms. The smallest absolute Gasteiger partial charge is 0.354 e. The first-order chi connectivity index (χ1) is 8.95. The van der Waals surface area contributed by atoms with Crippen molar-refractivity contribution >= 4 is 17.5 Å². The van der Waals surface area contributed by atoms with Crippen molar-refractivity contribution in [2.45, 2.75) is 13.8 Å². The fraction of sp³-hybridized carbons (Fsp3) is 0.538. The largest absolute Gasteiger partial charge is 0.477 e. The van der Waals surface area contributed by atoms with Gasteiger partial charge in [0.2, 0.25) is 0 Å². The van der Waals surface area contributed by atoms with E-state index in [1.54, 1.807) is 13.2 Å². The van der Waals surface area contributed by atoms with E-state index in [9.17, 15) is 4.79 Å². The summed E-state index contributed by atoms with van der Waals surface area (Å²) in [6, 6.07) is 2.98. The molecule has 1 rings (SSSR count). The minimum Gasteiger partial charge on any atom is -0.477 e. The third-order valence-electron chi connectivity index (χ3n) is 2.57. The Morgan fingerprint density at radius 3 is 2.74 bits per heavy atom. The van der Waals surface area contributed by atoms with Crippen molar-refractivity contribution < 1.29 is 14.6 Å². The van der Waals surface area contributed by atoms with Crippen LogP contribution in [0.4, 0.5) is 11.5 Å². The average Bonchev–Trinajstić information content (AvgIpc) is 2.34. The van der Waals surface area contributed by atoms with Crippen LogP contribution in [0.5, 0.6) is 0 Å². The molecule has 0 unspecified atom stereocenters. The molecule has 0 aromatic carbocycles. The average molecular weight is 267 g/mol. The van der Waals surface area contributed by atoms with E-state index in [4.69, 9.17) is 15.6 Å². The van der Waals surface area contributed by atoms with Crippen LogP contribution < -0.4 is 10.6 Å². The number of ether oxygens (including phenoxy) is 1. The molecule has 1 aromatic heterocycles. The van der Waals surface area contributed by atoms with Crippen molar-refractivity contribution in [2.75, 3.05) is 37.4 Å². The van der Waals surface area contributed by atoms with Gasteiger partial charge in [-0.25, -0.2) is 9.78 Å². The predicted octanol–water partition coefficient (Wildman–Crippen LogP) is 1.47. The SMILES string of the molecule is COCCN(CC(C)C)c1nc(C(=O)O)ccc1N. The van der Waals surface area contributed by atoms with Crippen LogP contribution in [0.15, 0.2) is 12.1 Å². The van der Waals surface area contributed by atoms with Crippen LogP contribution in [0.1, 0.15) is 24.3 Å². The van der Waals surface area contributed by atoms with Gasteiger partial charge in [0, 0.05) is 20.2 Å². The summed E-state index contributed by atoms with van der Waals surface area (Å²) in [6.45, 7) is 6.05. The first kappa shape index (κ1) is 15.2. The molecule has 0 saturated heterocycles. The van der Waals surface area contributed by atoms with Crippen LogP contribution in [0, 0.1) is 5.92 Å². The second-order valence-corrected chi connectivity index (χ2v) is 4.75. The molecule has 6 heteroatoms. The predicted molar refractivity (Wildman–Crippen MR) is 74.5 cm³/mol. The highest BCUT2D eigenvalue weighted by atomic mass is 16.5. The quantitative estimate of drug-likeness (QED) is 0.777. The zero-order chi connectivity index (χ0) is 14.4. The van der Waals surface area contributed by atoms with Crippen molar-refractivity contribution in [3.05, 3.63) is 17.8 Å². The van der Waals surface area contributed by atoms with Crippen molar-refractivity contribution in [3.8, 4) is 0 Å². The van der Waals surface area contributed by atoms with E-state index in [0.29, 0.717) is 30.6 Å². The number of aromatic nitrogens is 1. The van der Waals surface area contributed by atoms with E-state index in [0.717, 1.165) is 6.54 Å². The summed E-state index contributed by atoms with van der Waals surface area (Å²) >= 11 is 0. The number of aromatic carboxylic acids is 1. The van der Waals surface area contributed by atoms with Gasteiger partial charge in [-0.3, -0.25) is 0 Å². The van der Waals surface area contributed by atoms with Gasteiger partial charge in [-0.15, -0.1) is 0 Å². The zero-order valence-corrected chi connectivity index (χ0v) is 11.6. The Bertz CT molecular complexity index is 435. The van der Waals surface area contributed by atoms with Gasteiger partial charge in [0.25, 0.3) is 0 Å². The number of pyridine rings is 1. The third kappa shape index (κ3) is 4.40. The molecule has 6 nitrogen and oxygen atoms in total. The number of rotatable bonds is 7. The Morgan fingerprint density at radius 1 is 1.53 bits per heavy atom. The normalized spacial score (nSPS) is 10.7. The van der Waals surface area contributed by atoms with Gasteiger partial charge in [0.05, 0.1) is 12.3 Å². The first-order valence-electron chi connectivity index (χ1n) is 6.19. The highest BCUT2D eigenvalue weighted by Gasteiger charge is 2.15. The maximum absolute atomic E-state index is 11.0. The summed E-state index contributed by atoms with van der Waals surface area (Å²) in [5.41, 5.74) is 6.37. The summed E-state index contributed by atoms with van der Waals surface area (Å²) in [5.74, 6) is -0.144. The molecule has 0 aliphatic heterocycles. The van der Waals surface area contributed by atoms with E-state index in [2.05, 4.69) is 18.8 Å². The highest BCUT2D eigenvalue weighted by Crippen LogP contribution is 2.21. The summed E-state index contributed by atoms with van der Waals surface area (Å²) in [7, 11) is 1.62. The van der Waals surface area contributed by atoms with Crippen molar-refractivity contribution in [2.24, 2.45) is 5.92 Å². The Hall–Kier alpha value is -1.82. The van der Waals surface area contributed by atoms with Crippen LogP contribution >= 0.6 is 0 Å². The molecule has 1 aromatic rings. The fourth-order valence-electron chi connectivity index (χ4n) is 1.76. The summed E-state index contributed by atoms with van der Waals surface area (Å²) in [5, 5.41) is 8.99. The van der Waals surface area contributed by atoms with Crippen molar-refractivity contribution in [1.82, 2.24) is 4.98 Å². The minimum absolute atomic E-state index is 0.00428. The lowest BCUT2D eigenvalue weighted by molar-refractivity contribution is 0.0690. The van der Waals surface area contributed by atoms with Gasteiger partial charge in [-0.1, -0.05) is 13.8 Å². The number of carboxylic acid groups (broad SMARTS) is 1. The molecule has 19 heavy (non-hydrogen) atoms. The second-order valence-electron chi connectivity index (χ2n) is 4.75. The van der Waals surface area contributed by atoms with Crippen molar-refractivity contribution in [3.63, 3.8) is 0 Å². The summed E-state index contributed by atoms with van der Waals surface area (Å²) in [4.78, 5) is 17.1. The van der Waals surface area contributed by atoms with Gasteiger partial charge >= 0.3 is 5.97 Å². The van der Waals surface area contributed by atoms with Crippen LogP contribution in [0.2, 0.25) is 0 Å². The number of carboxylic acids is 1. The Labute approximate surface area is 113 Å². The van der Waals surface area contributed by atoms with E-state index >= 15 is 0 Å². The van der Waals surface area contributed by atoms with Crippen LogP contribution in [-0.2, 0) is 4.74 Å². The van der Waals surface area contributed by atoms with Gasteiger partial charge in [-0.05, 0) is 18.1 Å². The standard InChI is InChI=1S/C13H21N3O3/c1-9(2)8-16(6-7-19-3)12-10(14)4-5-11(15-12)13(17)18/h4-5,9H,6-8,14H2,1-3H3,(H,17,18). The van der Waals surface area contributed by atoms with E-state index in [1.807, 2.05) is 4.90 Å². The first-order valence-corrected chi connectivity index (χ1v) is 6.19.